The Morgan fingerprint density at radius 2 is 2.18 bits per heavy atom. The molecular weight excluding hydrogens is 214 g/mol. The topological polar surface area (TPSA) is 41.3 Å². The summed E-state index contributed by atoms with van der Waals surface area (Å²) in [6.45, 7) is 6.95. The summed E-state index contributed by atoms with van der Waals surface area (Å²) in [5, 5.41) is 14.4. The predicted molar refractivity (Wildman–Crippen MR) is 67.7 cm³/mol. The first-order valence-electron chi connectivity index (χ1n) is 6.40. The van der Waals surface area contributed by atoms with E-state index in [1.54, 1.807) is 0 Å². The van der Waals surface area contributed by atoms with Crippen LogP contribution in [0.4, 0.5) is 0 Å². The molecule has 0 saturated carbocycles. The molecule has 0 amide bonds. The van der Waals surface area contributed by atoms with E-state index in [-0.39, 0.29) is 0 Å². The molecule has 2 heterocycles. The highest BCUT2D eigenvalue weighted by Crippen LogP contribution is 2.22. The molecule has 1 fully saturated rings. The third-order valence-corrected chi connectivity index (χ3v) is 3.64. The second-order valence-corrected chi connectivity index (χ2v) is 5.53. The Balaban J connectivity index is 1.98. The van der Waals surface area contributed by atoms with E-state index < -0.39 is 5.60 Å². The van der Waals surface area contributed by atoms with Gasteiger partial charge in [-0.1, -0.05) is 0 Å². The van der Waals surface area contributed by atoms with Gasteiger partial charge >= 0.3 is 0 Å². The molecule has 1 N–H and O–H groups in total. The van der Waals surface area contributed by atoms with E-state index >= 15 is 0 Å². The summed E-state index contributed by atoms with van der Waals surface area (Å²) in [5.41, 5.74) is 1.85. The van der Waals surface area contributed by atoms with Crippen LogP contribution in [0.15, 0.2) is 6.07 Å². The van der Waals surface area contributed by atoms with Crippen LogP contribution < -0.4 is 0 Å². The molecule has 17 heavy (non-hydrogen) atoms. The third-order valence-electron chi connectivity index (χ3n) is 3.64. The van der Waals surface area contributed by atoms with Gasteiger partial charge in [-0.2, -0.15) is 5.10 Å². The van der Waals surface area contributed by atoms with Gasteiger partial charge in [0.05, 0.1) is 17.0 Å². The molecule has 1 aromatic heterocycles. The van der Waals surface area contributed by atoms with Gasteiger partial charge in [0.25, 0.3) is 0 Å². The van der Waals surface area contributed by atoms with Crippen LogP contribution in [0.5, 0.6) is 0 Å². The molecule has 4 heteroatoms. The van der Waals surface area contributed by atoms with E-state index in [1.807, 2.05) is 25.6 Å². The summed E-state index contributed by atoms with van der Waals surface area (Å²) < 4.78 is 1.96. The first-order chi connectivity index (χ1) is 7.96. The number of hydrogen-bond acceptors (Lipinski definition) is 3. The van der Waals surface area contributed by atoms with E-state index in [0.29, 0.717) is 0 Å². The Morgan fingerprint density at radius 3 is 2.82 bits per heavy atom. The van der Waals surface area contributed by atoms with Gasteiger partial charge in [-0.25, -0.2) is 0 Å². The zero-order chi connectivity index (χ0) is 12.5. The average Bonchev–Trinajstić information content (AvgIpc) is 2.43. The lowest BCUT2D eigenvalue weighted by Gasteiger charge is -2.22. The van der Waals surface area contributed by atoms with Gasteiger partial charge in [-0.05, 0) is 45.7 Å². The van der Waals surface area contributed by atoms with Gasteiger partial charge in [0.15, 0.2) is 0 Å². The van der Waals surface area contributed by atoms with E-state index in [4.69, 9.17) is 0 Å². The standard InChI is InChI=1S/C13H23N3O/c1-11-9-12(15(3)14-11)10-16-7-4-5-13(2,17)6-8-16/h9,17H,4-8,10H2,1-3H3. The lowest BCUT2D eigenvalue weighted by molar-refractivity contribution is 0.0443. The quantitative estimate of drug-likeness (QED) is 0.847. The zero-order valence-electron chi connectivity index (χ0n) is 11.1. The van der Waals surface area contributed by atoms with Crippen molar-refractivity contribution < 1.29 is 5.11 Å². The molecule has 0 spiro atoms. The summed E-state index contributed by atoms with van der Waals surface area (Å²) in [7, 11) is 2.00. The maximum absolute atomic E-state index is 10.1. The summed E-state index contributed by atoms with van der Waals surface area (Å²) >= 11 is 0. The predicted octanol–water partition coefficient (Wildman–Crippen LogP) is 1.47. The molecule has 1 unspecified atom stereocenters. The normalized spacial score (nSPS) is 27.1. The SMILES string of the molecule is Cc1cc(CN2CCCC(C)(O)CC2)n(C)n1. The van der Waals surface area contributed by atoms with Crippen molar-refractivity contribution in [2.75, 3.05) is 13.1 Å². The van der Waals surface area contributed by atoms with Crippen molar-refractivity contribution in [3.8, 4) is 0 Å². The number of rotatable bonds is 2. The fourth-order valence-corrected chi connectivity index (χ4v) is 2.52. The fourth-order valence-electron chi connectivity index (χ4n) is 2.52. The summed E-state index contributed by atoms with van der Waals surface area (Å²) in [5.74, 6) is 0. The van der Waals surface area contributed by atoms with Crippen LogP contribution in [0.2, 0.25) is 0 Å². The summed E-state index contributed by atoms with van der Waals surface area (Å²) in [6.07, 6.45) is 2.85. The molecule has 1 aromatic rings. The zero-order valence-corrected chi connectivity index (χ0v) is 11.1. The second-order valence-electron chi connectivity index (χ2n) is 5.53. The highest BCUT2D eigenvalue weighted by Gasteiger charge is 2.25. The van der Waals surface area contributed by atoms with E-state index in [0.717, 1.165) is 44.6 Å². The molecule has 0 bridgehead atoms. The smallest absolute Gasteiger partial charge is 0.0632 e. The summed E-state index contributed by atoms with van der Waals surface area (Å²) in [6, 6.07) is 2.14. The Kier molecular flexibility index (Phi) is 3.54. The Hall–Kier alpha value is -0.870. The highest BCUT2D eigenvalue weighted by atomic mass is 16.3. The minimum Gasteiger partial charge on any atom is -0.390 e. The van der Waals surface area contributed by atoms with Crippen molar-refractivity contribution in [3.63, 3.8) is 0 Å². The molecule has 1 saturated heterocycles. The minimum atomic E-state index is -0.475. The fraction of sp³-hybridized carbons (Fsp3) is 0.769. The highest BCUT2D eigenvalue weighted by molar-refractivity contribution is 5.08. The van der Waals surface area contributed by atoms with Crippen molar-refractivity contribution in [1.82, 2.24) is 14.7 Å². The molecule has 1 aliphatic rings. The molecule has 1 aliphatic heterocycles. The van der Waals surface area contributed by atoms with Crippen LogP contribution in [0.1, 0.15) is 37.6 Å². The molecule has 0 aromatic carbocycles. The third kappa shape index (κ3) is 3.30. The first-order valence-corrected chi connectivity index (χ1v) is 6.40. The van der Waals surface area contributed by atoms with Crippen molar-refractivity contribution in [3.05, 3.63) is 17.5 Å². The molecule has 0 aliphatic carbocycles. The number of nitrogens with zero attached hydrogens (tertiary/aromatic N) is 3. The first kappa shape index (κ1) is 12.6. The monoisotopic (exact) mass is 237 g/mol. The van der Waals surface area contributed by atoms with Crippen LogP contribution in [-0.2, 0) is 13.6 Å². The minimum absolute atomic E-state index is 0.475. The van der Waals surface area contributed by atoms with Crippen molar-refractivity contribution in [2.24, 2.45) is 7.05 Å². The van der Waals surface area contributed by atoms with Crippen LogP contribution in [-0.4, -0.2) is 38.5 Å². The average molecular weight is 237 g/mol. The maximum Gasteiger partial charge on any atom is 0.0632 e. The molecule has 0 radical (unpaired) electrons. The number of hydrogen-bond donors (Lipinski definition) is 1. The lowest BCUT2D eigenvalue weighted by atomic mass is 9.98. The summed E-state index contributed by atoms with van der Waals surface area (Å²) in [4.78, 5) is 2.41. The molecule has 2 rings (SSSR count). The largest absolute Gasteiger partial charge is 0.390 e. The molecule has 1 atom stereocenters. The molecule has 96 valence electrons. The van der Waals surface area contributed by atoms with E-state index in [9.17, 15) is 5.11 Å². The van der Waals surface area contributed by atoms with Gasteiger partial charge in [0, 0.05) is 20.1 Å². The van der Waals surface area contributed by atoms with Gasteiger partial charge in [-0.15, -0.1) is 0 Å². The Bertz CT molecular complexity index is 384. The lowest BCUT2D eigenvalue weighted by Crippen LogP contribution is -2.28. The van der Waals surface area contributed by atoms with E-state index in [2.05, 4.69) is 16.1 Å². The Labute approximate surface area is 103 Å². The maximum atomic E-state index is 10.1. The molecular formula is C13H23N3O. The van der Waals surface area contributed by atoms with E-state index in [1.165, 1.54) is 5.69 Å². The number of aliphatic hydroxyl groups is 1. The van der Waals surface area contributed by atoms with Crippen LogP contribution in [0, 0.1) is 6.92 Å². The Morgan fingerprint density at radius 1 is 1.41 bits per heavy atom. The van der Waals surface area contributed by atoms with Crippen molar-refractivity contribution >= 4 is 0 Å². The number of likely N-dealkylation sites (tertiary alicyclic amines) is 1. The van der Waals surface area contributed by atoms with Crippen molar-refractivity contribution in [1.29, 1.82) is 0 Å². The van der Waals surface area contributed by atoms with Gasteiger partial charge in [0.2, 0.25) is 0 Å². The van der Waals surface area contributed by atoms with Crippen LogP contribution >= 0.6 is 0 Å². The van der Waals surface area contributed by atoms with Gasteiger partial charge in [-0.3, -0.25) is 9.58 Å². The van der Waals surface area contributed by atoms with Gasteiger partial charge in [0.1, 0.15) is 0 Å². The van der Waals surface area contributed by atoms with Crippen LogP contribution in [0.25, 0.3) is 0 Å². The second kappa shape index (κ2) is 4.78. The van der Waals surface area contributed by atoms with Crippen LogP contribution in [0.3, 0.4) is 0 Å². The number of aryl methyl sites for hydroxylation is 2. The van der Waals surface area contributed by atoms with Crippen molar-refractivity contribution in [2.45, 2.75) is 45.3 Å². The molecule has 4 nitrogen and oxygen atoms in total. The van der Waals surface area contributed by atoms with Gasteiger partial charge < -0.3 is 5.11 Å². The number of aromatic nitrogens is 2.